The predicted octanol–water partition coefficient (Wildman–Crippen LogP) is 4.09. The average Bonchev–Trinajstić information content (AvgIpc) is 2.61. The standard InChI is InChI=1S/C21H22BrClN2O3/c22-20-8-18(23)3-2-17(20)13-28-19-6-14(1-4-21(26)27)5-15(7-19)9-24-10-16-11-25-12-16/h1-8,16,24-25H,9-13H2,(H,26,27)/b4-1+. The molecule has 1 aliphatic heterocycles. The summed E-state index contributed by atoms with van der Waals surface area (Å²) >= 11 is 9.48. The lowest BCUT2D eigenvalue weighted by molar-refractivity contribution is -0.131. The van der Waals surface area contributed by atoms with E-state index >= 15 is 0 Å². The molecule has 0 unspecified atom stereocenters. The molecule has 5 nitrogen and oxygen atoms in total. The second-order valence-electron chi connectivity index (χ2n) is 6.76. The van der Waals surface area contributed by atoms with Crippen LogP contribution in [0, 0.1) is 5.92 Å². The molecule has 0 bridgehead atoms. The number of aliphatic carboxylic acids is 1. The van der Waals surface area contributed by atoms with E-state index in [9.17, 15) is 4.79 Å². The second-order valence-corrected chi connectivity index (χ2v) is 8.05. The molecule has 0 spiro atoms. The minimum Gasteiger partial charge on any atom is -0.489 e. The topological polar surface area (TPSA) is 70.6 Å². The number of halogens is 2. The number of nitrogens with one attached hydrogen (secondary N) is 2. The van der Waals surface area contributed by atoms with Crippen molar-refractivity contribution in [2.75, 3.05) is 19.6 Å². The second kappa shape index (κ2) is 10.1. The van der Waals surface area contributed by atoms with Gasteiger partial charge in [-0.2, -0.15) is 0 Å². The van der Waals surface area contributed by atoms with Crippen LogP contribution in [0.5, 0.6) is 5.75 Å². The molecule has 2 aromatic carbocycles. The fourth-order valence-electron chi connectivity index (χ4n) is 2.85. The Bertz CT molecular complexity index is 869. The molecule has 0 amide bonds. The quantitative estimate of drug-likeness (QED) is 0.487. The predicted molar refractivity (Wildman–Crippen MR) is 115 cm³/mol. The molecule has 2 aromatic rings. The molecule has 1 saturated heterocycles. The Morgan fingerprint density at radius 2 is 2.14 bits per heavy atom. The van der Waals surface area contributed by atoms with Gasteiger partial charge >= 0.3 is 5.97 Å². The van der Waals surface area contributed by atoms with Crippen molar-refractivity contribution in [1.29, 1.82) is 0 Å². The summed E-state index contributed by atoms with van der Waals surface area (Å²) in [6, 6.07) is 11.3. The molecule has 1 fully saturated rings. The largest absolute Gasteiger partial charge is 0.489 e. The zero-order chi connectivity index (χ0) is 19.9. The summed E-state index contributed by atoms with van der Waals surface area (Å²) in [7, 11) is 0. The molecule has 148 valence electrons. The van der Waals surface area contributed by atoms with E-state index in [0.717, 1.165) is 46.9 Å². The first-order valence-corrected chi connectivity index (χ1v) is 10.2. The lowest BCUT2D eigenvalue weighted by atomic mass is 10.0. The van der Waals surface area contributed by atoms with E-state index in [0.29, 0.717) is 29.8 Å². The van der Waals surface area contributed by atoms with Gasteiger partial charge in [0.05, 0.1) is 0 Å². The normalized spacial score (nSPS) is 14.2. The molecule has 1 aliphatic rings. The highest BCUT2D eigenvalue weighted by molar-refractivity contribution is 9.10. The van der Waals surface area contributed by atoms with Crippen LogP contribution in [0.2, 0.25) is 5.02 Å². The SMILES string of the molecule is O=C(O)/C=C/c1cc(CNCC2CNC2)cc(OCc2ccc(Cl)cc2Br)c1. The van der Waals surface area contributed by atoms with Gasteiger partial charge in [-0.1, -0.05) is 39.7 Å². The summed E-state index contributed by atoms with van der Waals surface area (Å²) in [4.78, 5) is 10.9. The van der Waals surface area contributed by atoms with Crippen LogP contribution in [0.15, 0.2) is 46.9 Å². The number of ether oxygens (including phenoxy) is 1. The first kappa shape index (κ1) is 20.9. The first-order valence-electron chi connectivity index (χ1n) is 9.03. The third kappa shape index (κ3) is 6.34. The Balaban J connectivity index is 1.70. The summed E-state index contributed by atoms with van der Waals surface area (Å²) in [5, 5.41) is 16.3. The van der Waals surface area contributed by atoms with E-state index in [2.05, 4.69) is 26.6 Å². The highest BCUT2D eigenvalue weighted by atomic mass is 79.9. The minimum atomic E-state index is -0.978. The molecule has 7 heteroatoms. The van der Waals surface area contributed by atoms with Crippen molar-refractivity contribution in [3.05, 3.63) is 68.7 Å². The van der Waals surface area contributed by atoms with Gasteiger partial charge < -0.3 is 20.5 Å². The molecular weight excluding hydrogens is 444 g/mol. The summed E-state index contributed by atoms with van der Waals surface area (Å²) in [6.45, 7) is 4.14. The van der Waals surface area contributed by atoms with Crippen molar-refractivity contribution in [2.24, 2.45) is 5.92 Å². The molecule has 28 heavy (non-hydrogen) atoms. The monoisotopic (exact) mass is 464 g/mol. The molecule has 0 aromatic heterocycles. The number of carboxylic acids is 1. The molecule has 0 saturated carbocycles. The third-order valence-corrected chi connectivity index (χ3v) is 5.42. The summed E-state index contributed by atoms with van der Waals surface area (Å²) in [5.41, 5.74) is 2.82. The van der Waals surface area contributed by atoms with E-state index in [1.54, 1.807) is 6.08 Å². The van der Waals surface area contributed by atoms with Crippen molar-refractivity contribution in [3.63, 3.8) is 0 Å². The van der Waals surface area contributed by atoms with Gasteiger partial charge in [-0.25, -0.2) is 4.79 Å². The molecule has 0 aliphatic carbocycles. The molecule has 3 rings (SSSR count). The fraction of sp³-hybridized carbons (Fsp3) is 0.286. The molecule has 0 atom stereocenters. The van der Waals surface area contributed by atoms with Crippen molar-refractivity contribution in [1.82, 2.24) is 10.6 Å². The lowest BCUT2D eigenvalue weighted by Crippen LogP contribution is -2.47. The van der Waals surface area contributed by atoms with Crippen LogP contribution < -0.4 is 15.4 Å². The maximum absolute atomic E-state index is 10.9. The Morgan fingerprint density at radius 3 is 2.82 bits per heavy atom. The van der Waals surface area contributed by atoms with Crippen molar-refractivity contribution < 1.29 is 14.6 Å². The van der Waals surface area contributed by atoms with Gasteiger partial charge in [-0.3, -0.25) is 0 Å². The maximum Gasteiger partial charge on any atom is 0.328 e. The molecule has 1 heterocycles. The number of hydrogen-bond acceptors (Lipinski definition) is 4. The van der Waals surface area contributed by atoms with E-state index < -0.39 is 5.97 Å². The van der Waals surface area contributed by atoms with E-state index in [4.69, 9.17) is 21.4 Å². The highest BCUT2D eigenvalue weighted by Gasteiger charge is 2.15. The van der Waals surface area contributed by atoms with E-state index in [1.165, 1.54) is 0 Å². The summed E-state index contributed by atoms with van der Waals surface area (Å²) in [5.74, 6) is 0.387. The average molecular weight is 466 g/mol. The van der Waals surface area contributed by atoms with Crippen LogP contribution in [0.4, 0.5) is 0 Å². The van der Waals surface area contributed by atoms with Crippen LogP contribution in [0.25, 0.3) is 6.08 Å². The van der Waals surface area contributed by atoms with Crippen LogP contribution in [0.3, 0.4) is 0 Å². The molecular formula is C21H22BrClN2O3. The van der Waals surface area contributed by atoms with Gasteiger partial charge in [0.2, 0.25) is 0 Å². The fourth-order valence-corrected chi connectivity index (χ4v) is 3.65. The van der Waals surface area contributed by atoms with Crippen molar-refractivity contribution in [3.8, 4) is 5.75 Å². The van der Waals surface area contributed by atoms with Crippen LogP contribution in [-0.2, 0) is 17.9 Å². The first-order chi connectivity index (χ1) is 13.5. The summed E-state index contributed by atoms with van der Waals surface area (Å²) < 4.78 is 6.86. The van der Waals surface area contributed by atoms with Crippen molar-refractivity contribution >= 4 is 39.6 Å². The zero-order valence-corrected chi connectivity index (χ0v) is 17.6. The van der Waals surface area contributed by atoms with Crippen LogP contribution in [-0.4, -0.2) is 30.7 Å². The smallest absolute Gasteiger partial charge is 0.328 e. The van der Waals surface area contributed by atoms with Gasteiger partial charge in [0.1, 0.15) is 12.4 Å². The molecule has 0 radical (unpaired) electrons. The van der Waals surface area contributed by atoms with Crippen LogP contribution in [0.1, 0.15) is 16.7 Å². The van der Waals surface area contributed by atoms with E-state index in [-0.39, 0.29) is 0 Å². The summed E-state index contributed by atoms with van der Waals surface area (Å²) in [6.07, 6.45) is 2.71. The minimum absolute atomic E-state index is 0.379. The Hall–Kier alpha value is -1.86. The molecule has 3 N–H and O–H groups in total. The maximum atomic E-state index is 10.9. The van der Waals surface area contributed by atoms with E-state index in [1.807, 2.05) is 36.4 Å². The van der Waals surface area contributed by atoms with Gasteiger partial charge in [-0.05, 0) is 47.4 Å². The number of rotatable bonds is 9. The van der Waals surface area contributed by atoms with Gasteiger partial charge in [-0.15, -0.1) is 0 Å². The Morgan fingerprint density at radius 1 is 1.32 bits per heavy atom. The zero-order valence-electron chi connectivity index (χ0n) is 15.3. The Labute approximate surface area is 177 Å². The van der Waals surface area contributed by atoms with Crippen molar-refractivity contribution in [2.45, 2.75) is 13.2 Å². The van der Waals surface area contributed by atoms with Gasteiger partial charge in [0.15, 0.2) is 0 Å². The van der Waals surface area contributed by atoms with Crippen LogP contribution >= 0.6 is 27.5 Å². The highest BCUT2D eigenvalue weighted by Crippen LogP contribution is 2.25. The van der Waals surface area contributed by atoms with Gasteiger partial charge in [0.25, 0.3) is 0 Å². The number of carbonyl (C=O) groups is 1. The lowest BCUT2D eigenvalue weighted by Gasteiger charge is -2.27. The number of carboxylic acid groups (broad SMARTS) is 1. The number of hydrogen-bond donors (Lipinski definition) is 3. The number of benzene rings is 2. The van der Waals surface area contributed by atoms with Gasteiger partial charge in [0, 0.05) is 47.3 Å². The Kier molecular flexibility index (Phi) is 7.50. The third-order valence-electron chi connectivity index (χ3n) is 4.44.